The molecule has 3 fully saturated rings. The van der Waals surface area contributed by atoms with Crippen molar-refractivity contribution in [2.45, 2.75) is 46.2 Å². The van der Waals surface area contributed by atoms with Gasteiger partial charge in [-0.1, -0.05) is 20.8 Å². The highest BCUT2D eigenvalue weighted by Gasteiger charge is 2.56. The molecule has 0 radical (unpaired) electrons. The molecule has 2 N–H and O–H groups in total. The summed E-state index contributed by atoms with van der Waals surface area (Å²) in [6.07, 6.45) is 7.52. The zero-order valence-corrected chi connectivity index (χ0v) is 21.7. The SMILES string of the molecule is C[C@H]1[C@H]2C[C@H](C[C@H]1Nc1cnn(-c3ccc(C(=O)NCc4ccncc4)cc3)c(=O)c1Br)C2(C)C. The molecule has 3 aliphatic rings. The molecule has 2 aromatic heterocycles. The van der Waals surface area contributed by atoms with Crippen molar-refractivity contribution in [3.8, 4) is 5.69 Å². The average Bonchev–Trinajstić information content (AvgIpc) is 2.87. The summed E-state index contributed by atoms with van der Waals surface area (Å²) in [6.45, 7) is 7.50. The molecule has 7 nitrogen and oxygen atoms in total. The zero-order valence-electron chi connectivity index (χ0n) is 20.2. The van der Waals surface area contributed by atoms with Crippen molar-refractivity contribution in [2.24, 2.45) is 23.2 Å². The number of hydrogen-bond donors (Lipinski definition) is 2. The van der Waals surface area contributed by atoms with E-state index in [4.69, 9.17) is 0 Å². The van der Waals surface area contributed by atoms with Crippen molar-refractivity contribution >= 4 is 27.5 Å². The third-order valence-corrected chi connectivity index (χ3v) is 8.96. The lowest BCUT2D eigenvalue weighted by Gasteiger charge is -2.62. The molecule has 0 saturated heterocycles. The first-order valence-corrected chi connectivity index (χ1v) is 12.9. The van der Waals surface area contributed by atoms with Crippen LogP contribution in [0.5, 0.6) is 0 Å². The number of carbonyl (C=O) groups is 1. The Balaban J connectivity index is 1.27. The van der Waals surface area contributed by atoms with Crippen molar-refractivity contribution < 1.29 is 4.79 Å². The predicted molar refractivity (Wildman–Crippen MR) is 140 cm³/mol. The lowest BCUT2D eigenvalue weighted by atomic mass is 9.45. The summed E-state index contributed by atoms with van der Waals surface area (Å²) in [6, 6.07) is 10.9. The molecule has 1 amide bonds. The number of carbonyl (C=O) groups excluding carboxylic acids is 1. The topological polar surface area (TPSA) is 88.9 Å². The summed E-state index contributed by atoms with van der Waals surface area (Å²) in [7, 11) is 0. The van der Waals surface area contributed by atoms with Crippen molar-refractivity contribution in [1.29, 1.82) is 0 Å². The maximum atomic E-state index is 13.1. The second-order valence-corrected chi connectivity index (χ2v) is 11.2. The van der Waals surface area contributed by atoms with E-state index in [2.05, 4.69) is 57.4 Å². The third kappa shape index (κ3) is 4.40. The number of rotatable bonds is 6. The number of hydrogen-bond acceptors (Lipinski definition) is 5. The number of pyridine rings is 1. The summed E-state index contributed by atoms with van der Waals surface area (Å²) >= 11 is 3.50. The van der Waals surface area contributed by atoms with Crippen LogP contribution in [0.3, 0.4) is 0 Å². The van der Waals surface area contributed by atoms with E-state index in [1.54, 1.807) is 42.9 Å². The quantitative estimate of drug-likeness (QED) is 0.473. The Morgan fingerprint density at radius 2 is 1.86 bits per heavy atom. The monoisotopic (exact) mass is 535 g/mol. The van der Waals surface area contributed by atoms with Gasteiger partial charge >= 0.3 is 0 Å². The van der Waals surface area contributed by atoms with E-state index in [0.717, 1.165) is 23.6 Å². The normalized spacial score (nSPS) is 24.3. The maximum Gasteiger partial charge on any atom is 0.287 e. The van der Waals surface area contributed by atoms with Crippen LogP contribution < -0.4 is 16.2 Å². The Hall–Kier alpha value is -3.00. The standard InChI is InChI=1S/C27H30BrN5O2/c1-16-21-12-19(27(21,2)3)13-22(16)32-23-15-31-33(26(35)24(23)28)20-6-4-18(5-7-20)25(34)30-14-17-8-10-29-11-9-17/h4-11,15-16,19,21-22,32H,12-14H2,1-3H3,(H,30,34)/t16-,19+,21+,22+/m0/s1. The lowest BCUT2D eigenvalue weighted by Crippen LogP contribution is -2.58. The highest BCUT2D eigenvalue weighted by atomic mass is 79.9. The van der Waals surface area contributed by atoms with Crippen molar-refractivity contribution in [1.82, 2.24) is 20.1 Å². The first-order valence-electron chi connectivity index (χ1n) is 12.1. The van der Waals surface area contributed by atoms with Crippen LogP contribution in [-0.4, -0.2) is 26.7 Å². The number of benzene rings is 1. The summed E-state index contributed by atoms with van der Waals surface area (Å²) < 4.78 is 1.82. The Labute approximate surface area is 213 Å². The average molecular weight is 536 g/mol. The van der Waals surface area contributed by atoms with Crippen molar-refractivity contribution in [3.05, 3.63) is 80.9 Å². The first-order chi connectivity index (χ1) is 16.8. The van der Waals surface area contributed by atoms with Gasteiger partial charge in [-0.25, -0.2) is 0 Å². The first kappa shape index (κ1) is 23.7. The van der Waals surface area contributed by atoms with Gasteiger partial charge in [0.25, 0.3) is 11.5 Å². The number of amides is 1. The number of aromatic nitrogens is 3. The second kappa shape index (κ2) is 9.22. The van der Waals surface area contributed by atoms with Crippen LogP contribution in [0.15, 0.2) is 64.3 Å². The Morgan fingerprint density at radius 1 is 1.14 bits per heavy atom. The van der Waals surface area contributed by atoms with Gasteiger partial charge in [-0.3, -0.25) is 14.6 Å². The van der Waals surface area contributed by atoms with Crippen LogP contribution in [0.1, 0.15) is 49.5 Å². The minimum absolute atomic E-state index is 0.183. The van der Waals surface area contributed by atoms with Crippen LogP contribution >= 0.6 is 15.9 Å². The summed E-state index contributed by atoms with van der Waals surface area (Å²) in [5.74, 6) is 1.80. The molecule has 6 rings (SSSR count). The minimum Gasteiger partial charge on any atom is -0.380 e. The van der Waals surface area contributed by atoms with Crippen LogP contribution in [0, 0.1) is 23.2 Å². The predicted octanol–water partition coefficient (Wildman–Crippen LogP) is 4.80. The molecule has 2 heterocycles. The summed E-state index contributed by atoms with van der Waals surface area (Å²) in [5, 5.41) is 10.9. The van der Waals surface area contributed by atoms with Gasteiger partial charge < -0.3 is 10.6 Å². The van der Waals surface area contributed by atoms with E-state index in [1.165, 1.54) is 11.1 Å². The molecule has 3 aromatic rings. The summed E-state index contributed by atoms with van der Waals surface area (Å²) in [5.41, 5.74) is 3.00. The molecule has 3 saturated carbocycles. The van der Waals surface area contributed by atoms with E-state index in [-0.39, 0.29) is 11.5 Å². The number of anilines is 1. The number of halogens is 1. The van der Waals surface area contributed by atoms with Crippen LogP contribution in [0.25, 0.3) is 5.69 Å². The Morgan fingerprint density at radius 3 is 2.51 bits per heavy atom. The Kier molecular flexibility index (Phi) is 6.25. The fourth-order valence-corrected chi connectivity index (χ4v) is 6.18. The van der Waals surface area contributed by atoms with E-state index in [1.807, 2.05) is 12.1 Å². The molecule has 4 atom stereocenters. The smallest absolute Gasteiger partial charge is 0.287 e. The minimum atomic E-state index is -0.237. The highest BCUT2D eigenvalue weighted by Crippen LogP contribution is 2.61. The van der Waals surface area contributed by atoms with Crippen LogP contribution in [0.2, 0.25) is 0 Å². The molecule has 3 aliphatic carbocycles. The molecule has 2 bridgehead atoms. The molecule has 8 heteroatoms. The second-order valence-electron chi connectivity index (χ2n) is 10.4. The van der Waals surface area contributed by atoms with E-state index in [0.29, 0.717) is 45.6 Å². The zero-order chi connectivity index (χ0) is 24.7. The molecule has 35 heavy (non-hydrogen) atoms. The molecular formula is C27H30BrN5O2. The molecule has 0 unspecified atom stereocenters. The maximum absolute atomic E-state index is 13.1. The van der Waals surface area contributed by atoms with E-state index in [9.17, 15) is 9.59 Å². The molecule has 1 aromatic carbocycles. The van der Waals surface area contributed by atoms with Gasteiger partial charge in [0.15, 0.2) is 0 Å². The fourth-order valence-electron chi connectivity index (χ4n) is 5.80. The summed E-state index contributed by atoms with van der Waals surface area (Å²) in [4.78, 5) is 29.6. The highest BCUT2D eigenvalue weighted by molar-refractivity contribution is 9.10. The number of nitrogens with one attached hydrogen (secondary N) is 2. The fraction of sp³-hybridized carbons (Fsp3) is 0.407. The molecule has 182 valence electrons. The van der Waals surface area contributed by atoms with Crippen LogP contribution in [-0.2, 0) is 6.54 Å². The van der Waals surface area contributed by atoms with E-state index >= 15 is 0 Å². The molecule has 0 aliphatic heterocycles. The van der Waals surface area contributed by atoms with Crippen molar-refractivity contribution in [3.63, 3.8) is 0 Å². The van der Waals surface area contributed by atoms with Gasteiger partial charge in [0.05, 0.1) is 17.6 Å². The lowest BCUT2D eigenvalue weighted by molar-refractivity contribution is -0.105. The largest absolute Gasteiger partial charge is 0.380 e. The third-order valence-electron chi connectivity index (χ3n) is 8.19. The van der Waals surface area contributed by atoms with Gasteiger partial charge in [-0.2, -0.15) is 9.78 Å². The van der Waals surface area contributed by atoms with Gasteiger partial charge in [0, 0.05) is 30.5 Å². The number of fused-ring (bicyclic) bond motifs is 2. The van der Waals surface area contributed by atoms with Gasteiger partial charge in [0.1, 0.15) is 4.47 Å². The molecule has 0 spiro atoms. The van der Waals surface area contributed by atoms with Crippen molar-refractivity contribution in [2.75, 3.05) is 5.32 Å². The Bertz CT molecular complexity index is 1290. The molecular weight excluding hydrogens is 506 g/mol. The van der Waals surface area contributed by atoms with E-state index < -0.39 is 0 Å². The number of nitrogens with zero attached hydrogens (tertiary/aromatic N) is 3. The van der Waals surface area contributed by atoms with Gasteiger partial charge in [0.2, 0.25) is 0 Å². The van der Waals surface area contributed by atoms with Gasteiger partial charge in [-0.15, -0.1) is 0 Å². The van der Waals surface area contributed by atoms with Gasteiger partial charge in [-0.05, 0) is 93.9 Å². The van der Waals surface area contributed by atoms with Crippen LogP contribution in [0.4, 0.5) is 5.69 Å².